The zero-order valence-electron chi connectivity index (χ0n) is 14.9. The molecule has 1 saturated heterocycles. The van der Waals surface area contributed by atoms with Crippen molar-refractivity contribution in [3.8, 4) is 0 Å². The lowest BCUT2D eigenvalue weighted by Crippen LogP contribution is -2.29. The largest absolute Gasteiger partial charge is 0.376 e. The van der Waals surface area contributed by atoms with Crippen molar-refractivity contribution in [2.45, 2.75) is 32.6 Å². The molecule has 0 atom stereocenters. The summed E-state index contributed by atoms with van der Waals surface area (Å²) >= 11 is 0. The van der Waals surface area contributed by atoms with Crippen molar-refractivity contribution >= 4 is 23.0 Å². The van der Waals surface area contributed by atoms with E-state index in [-0.39, 0.29) is 12.5 Å². The number of benzene rings is 2. The summed E-state index contributed by atoms with van der Waals surface area (Å²) in [5, 5.41) is 6.19. The average Bonchev–Trinajstić information content (AvgIpc) is 2.68. The maximum Gasteiger partial charge on any atom is 0.243 e. The van der Waals surface area contributed by atoms with E-state index in [1.54, 1.807) is 0 Å². The van der Waals surface area contributed by atoms with Crippen LogP contribution in [-0.2, 0) is 11.2 Å². The molecule has 0 radical (unpaired) electrons. The molecule has 0 saturated carbocycles. The Morgan fingerprint density at radius 1 is 1.00 bits per heavy atom. The summed E-state index contributed by atoms with van der Waals surface area (Å²) in [5.74, 6) is -0.0309. The first-order valence-corrected chi connectivity index (χ1v) is 9.23. The van der Waals surface area contributed by atoms with Crippen LogP contribution in [0.5, 0.6) is 0 Å². The summed E-state index contributed by atoms with van der Waals surface area (Å²) < 4.78 is 0. The van der Waals surface area contributed by atoms with Gasteiger partial charge in [0.1, 0.15) is 0 Å². The van der Waals surface area contributed by atoms with Crippen LogP contribution in [0.2, 0.25) is 0 Å². The normalized spacial score (nSPS) is 14.2. The molecule has 0 bridgehead atoms. The Morgan fingerprint density at radius 2 is 1.72 bits per heavy atom. The van der Waals surface area contributed by atoms with Gasteiger partial charge in [-0.25, -0.2) is 0 Å². The highest BCUT2D eigenvalue weighted by molar-refractivity contribution is 5.94. The van der Waals surface area contributed by atoms with Crippen molar-refractivity contribution in [3.05, 3.63) is 54.1 Å². The summed E-state index contributed by atoms with van der Waals surface area (Å²) in [4.78, 5) is 14.6. The fourth-order valence-electron chi connectivity index (χ4n) is 3.29. The number of hydrogen-bond donors (Lipinski definition) is 2. The molecule has 25 heavy (non-hydrogen) atoms. The van der Waals surface area contributed by atoms with Gasteiger partial charge in [-0.2, -0.15) is 0 Å². The number of amides is 1. The minimum Gasteiger partial charge on any atom is -0.376 e. The van der Waals surface area contributed by atoms with Gasteiger partial charge in [0, 0.05) is 30.2 Å². The van der Waals surface area contributed by atoms with E-state index in [1.165, 1.54) is 30.5 Å². The number of rotatable bonds is 6. The first kappa shape index (κ1) is 17.3. The maximum atomic E-state index is 12.2. The number of carbonyl (C=O) groups is 1. The van der Waals surface area contributed by atoms with Crippen LogP contribution in [-0.4, -0.2) is 25.5 Å². The number of nitrogens with zero attached hydrogens (tertiary/aromatic N) is 1. The van der Waals surface area contributed by atoms with Crippen molar-refractivity contribution in [1.82, 2.24) is 0 Å². The van der Waals surface area contributed by atoms with Crippen LogP contribution in [0.25, 0.3) is 0 Å². The fraction of sp³-hybridized carbons (Fsp3) is 0.381. The Labute approximate surface area is 150 Å². The fourth-order valence-corrected chi connectivity index (χ4v) is 3.29. The molecule has 0 spiro atoms. The van der Waals surface area contributed by atoms with Crippen LogP contribution < -0.4 is 15.5 Å². The molecule has 0 aromatic heterocycles. The molecule has 4 nitrogen and oxygen atoms in total. The summed E-state index contributed by atoms with van der Waals surface area (Å²) in [6, 6.07) is 16.3. The number of anilines is 3. The van der Waals surface area contributed by atoms with E-state index < -0.39 is 0 Å². The predicted octanol–water partition coefficient (Wildman–Crippen LogP) is 4.29. The number of piperidine rings is 1. The summed E-state index contributed by atoms with van der Waals surface area (Å²) in [7, 11) is 0. The van der Waals surface area contributed by atoms with Crippen LogP contribution >= 0.6 is 0 Å². The summed E-state index contributed by atoms with van der Waals surface area (Å²) in [5.41, 5.74) is 4.34. The molecule has 3 rings (SSSR count). The Morgan fingerprint density at radius 3 is 2.44 bits per heavy atom. The van der Waals surface area contributed by atoms with E-state index in [0.29, 0.717) is 0 Å². The third kappa shape index (κ3) is 4.75. The van der Waals surface area contributed by atoms with Crippen LogP contribution in [0.3, 0.4) is 0 Å². The molecule has 2 N–H and O–H groups in total. The van der Waals surface area contributed by atoms with Gasteiger partial charge in [-0.15, -0.1) is 0 Å². The SMILES string of the molecule is CCc1ccccc1NCC(=O)Nc1ccc(N2CCCCC2)cc1. The zero-order valence-corrected chi connectivity index (χ0v) is 14.9. The van der Waals surface area contributed by atoms with Crippen LogP contribution in [0.15, 0.2) is 48.5 Å². The lowest BCUT2D eigenvalue weighted by Gasteiger charge is -2.28. The first-order valence-electron chi connectivity index (χ1n) is 9.23. The van der Waals surface area contributed by atoms with Crippen molar-refractivity contribution in [2.24, 2.45) is 0 Å². The van der Waals surface area contributed by atoms with Crippen molar-refractivity contribution in [2.75, 3.05) is 35.2 Å². The van der Waals surface area contributed by atoms with Crippen molar-refractivity contribution in [1.29, 1.82) is 0 Å². The lowest BCUT2D eigenvalue weighted by atomic mass is 10.1. The van der Waals surface area contributed by atoms with Gasteiger partial charge in [0.2, 0.25) is 5.91 Å². The van der Waals surface area contributed by atoms with E-state index >= 15 is 0 Å². The maximum absolute atomic E-state index is 12.2. The van der Waals surface area contributed by atoms with Gasteiger partial charge in [0.15, 0.2) is 0 Å². The number of carbonyl (C=O) groups excluding carboxylic acids is 1. The van der Waals surface area contributed by atoms with Crippen LogP contribution in [0.4, 0.5) is 17.1 Å². The molecule has 1 fully saturated rings. The molecule has 132 valence electrons. The van der Waals surface area contributed by atoms with Gasteiger partial charge in [-0.05, 0) is 61.6 Å². The van der Waals surface area contributed by atoms with Crippen molar-refractivity contribution < 1.29 is 4.79 Å². The predicted molar refractivity (Wildman–Crippen MR) is 105 cm³/mol. The Balaban J connectivity index is 1.52. The smallest absolute Gasteiger partial charge is 0.243 e. The third-order valence-corrected chi connectivity index (χ3v) is 4.71. The van der Waals surface area contributed by atoms with Crippen LogP contribution in [0.1, 0.15) is 31.7 Å². The van der Waals surface area contributed by atoms with E-state index in [0.717, 1.165) is 30.9 Å². The molecule has 1 aliphatic heterocycles. The lowest BCUT2D eigenvalue weighted by molar-refractivity contribution is -0.114. The number of nitrogens with one attached hydrogen (secondary N) is 2. The Bertz CT molecular complexity index is 691. The minimum atomic E-state index is -0.0309. The molecule has 4 heteroatoms. The van der Waals surface area contributed by atoms with E-state index in [4.69, 9.17) is 0 Å². The van der Waals surface area contributed by atoms with Crippen LogP contribution in [0, 0.1) is 0 Å². The molecule has 0 unspecified atom stereocenters. The molecule has 1 heterocycles. The van der Waals surface area contributed by atoms with Gasteiger partial charge < -0.3 is 15.5 Å². The molecule has 2 aromatic rings. The standard InChI is InChI=1S/C21H27N3O/c1-2-17-8-4-5-9-20(17)22-16-21(25)23-18-10-12-19(13-11-18)24-14-6-3-7-15-24/h4-5,8-13,22H,2-3,6-7,14-16H2,1H3,(H,23,25). The molecular weight excluding hydrogens is 310 g/mol. The van der Waals surface area contributed by atoms with E-state index in [1.807, 2.05) is 30.3 Å². The third-order valence-electron chi connectivity index (χ3n) is 4.71. The second kappa shape index (κ2) is 8.56. The molecular formula is C21H27N3O. The topological polar surface area (TPSA) is 44.4 Å². The monoisotopic (exact) mass is 337 g/mol. The summed E-state index contributed by atoms with van der Waals surface area (Å²) in [6.07, 6.45) is 4.81. The van der Waals surface area contributed by atoms with Gasteiger partial charge in [-0.3, -0.25) is 4.79 Å². The number of hydrogen-bond acceptors (Lipinski definition) is 3. The summed E-state index contributed by atoms with van der Waals surface area (Å²) in [6.45, 7) is 4.65. The van der Waals surface area contributed by atoms with E-state index in [2.05, 4.69) is 40.7 Å². The first-order chi connectivity index (χ1) is 12.3. The highest BCUT2D eigenvalue weighted by Gasteiger charge is 2.11. The molecule has 1 amide bonds. The molecule has 2 aromatic carbocycles. The van der Waals surface area contributed by atoms with Gasteiger partial charge in [0.05, 0.1) is 6.54 Å². The zero-order chi connectivity index (χ0) is 17.5. The average molecular weight is 337 g/mol. The van der Waals surface area contributed by atoms with Gasteiger partial charge in [-0.1, -0.05) is 25.1 Å². The van der Waals surface area contributed by atoms with Crippen molar-refractivity contribution in [3.63, 3.8) is 0 Å². The number of para-hydroxylation sites is 1. The highest BCUT2D eigenvalue weighted by atomic mass is 16.1. The second-order valence-electron chi connectivity index (χ2n) is 6.51. The quantitative estimate of drug-likeness (QED) is 0.826. The molecule has 0 aliphatic carbocycles. The Hall–Kier alpha value is -2.49. The second-order valence-corrected chi connectivity index (χ2v) is 6.51. The number of aryl methyl sites for hydroxylation is 1. The van der Waals surface area contributed by atoms with Gasteiger partial charge >= 0.3 is 0 Å². The highest BCUT2D eigenvalue weighted by Crippen LogP contribution is 2.22. The van der Waals surface area contributed by atoms with E-state index in [9.17, 15) is 4.79 Å². The Kier molecular flexibility index (Phi) is 5.94. The van der Waals surface area contributed by atoms with Gasteiger partial charge in [0.25, 0.3) is 0 Å². The molecule has 1 aliphatic rings. The minimum absolute atomic E-state index is 0.0309.